The van der Waals surface area contributed by atoms with Gasteiger partial charge >= 0.3 is 0 Å². The fourth-order valence-corrected chi connectivity index (χ4v) is 1.51. The van der Waals surface area contributed by atoms with Crippen LogP contribution in [0.1, 0.15) is 38.2 Å². The lowest BCUT2D eigenvalue weighted by atomic mass is 9.87. The summed E-state index contributed by atoms with van der Waals surface area (Å²) in [4.78, 5) is 13.7. The van der Waals surface area contributed by atoms with Gasteiger partial charge in [-0.1, -0.05) is 20.8 Å². The third-order valence-electron chi connectivity index (χ3n) is 2.94. The van der Waals surface area contributed by atoms with Crippen molar-refractivity contribution in [3.8, 4) is 0 Å². The Morgan fingerprint density at radius 2 is 2.00 bits per heavy atom. The van der Waals surface area contributed by atoms with Crippen LogP contribution in [0, 0.1) is 5.41 Å². The molecule has 1 atom stereocenters. The number of rotatable bonds is 2. The second-order valence-electron chi connectivity index (χ2n) is 5.06. The first kappa shape index (κ1) is 13.1. The minimum Gasteiger partial charge on any atom is -0.440 e. The molecule has 0 radical (unpaired) electrons. The Labute approximate surface area is 101 Å². The Bertz CT molecular complexity index is 379. The maximum atomic E-state index is 12.0. The van der Waals surface area contributed by atoms with E-state index in [9.17, 15) is 4.79 Å². The minimum atomic E-state index is -0.144. The van der Waals surface area contributed by atoms with Crippen LogP contribution in [-0.4, -0.2) is 23.9 Å². The van der Waals surface area contributed by atoms with E-state index in [1.54, 1.807) is 24.1 Å². The molecule has 0 aromatic carbocycles. The van der Waals surface area contributed by atoms with Gasteiger partial charge < -0.3 is 9.32 Å². The van der Waals surface area contributed by atoms with E-state index < -0.39 is 0 Å². The normalized spacial score (nSPS) is 13.6. The van der Waals surface area contributed by atoms with Gasteiger partial charge in [0, 0.05) is 13.1 Å². The van der Waals surface area contributed by atoms with Crippen LogP contribution in [0.3, 0.4) is 0 Å². The summed E-state index contributed by atoms with van der Waals surface area (Å²) in [6, 6.07) is 3.28. The van der Waals surface area contributed by atoms with Gasteiger partial charge in [0.05, 0.1) is 0 Å². The minimum absolute atomic E-state index is 0.0286. The lowest BCUT2D eigenvalue weighted by molar-refractivity contribution is 0.0598. The van der Waals surface area contributed by atoms with Gasteiger partial charge in [-0.3, -0.25) is 4.79 Å². The number of carbonyl (C=O) groups is 1. The zero-order valence-corrected chi connectivity index (χ0v) is 11.1. The van der Waals surface area contributed by atoms with Crippen LogP contribution in [0.2, 0.25) is 5.22 Å². The molecule has 0 saturated heterocycles. The first-order chi connectivity index (χ1) is 7.23. The van der Waals surface area contributed by atoms with Crippen LogP contribution >= 0.6 is 11.6 Å². The second-order valence-corrected chi connectivity index (χ2v) is 5.43. The van der Waals surface area contributed by atoms with Gasteiger partial charge in [0.25, 0.3) is 5.91 Å². The number of hydrogen-bond acceptors (Lipinski definition) is 2. The van der Waals surface area contributed by atoms with E-state index in [4.69, 9.17) is 16.0 Å². The molecule has 0 N–H and O–H groups in total. The van der Waals surface area contributed by atoms with Crippen LogP contribution < -0.4 is 0 Å². The number of furan rings is 1. The van der Waals surface area contributed by atoms with Gasteiger partial charge in [0.2, 0.25) is 0 Å². The van der Waals surface area contributed by atoms with Crippen molar-refractivity contribution < 1.29 is 9.21 Å². The molecule has 1 unspecified atom stereocenters. The lowest BCUT2D eigenvalue weighted by Gasteiger charge is -2.34. The van der Waals surface area contributed by atoms with Crippen molar-refractivity contribution in [3.05, 3.63) is 23.1 Å². The molecular formula is C12H18ClNO2. The molecule has 1 aromatic heterocycles. The van der Waals surface area contributed by atoms with Crippen molar-refractivity contribution in [2.75, 3.05) is 7.05 Å². The number of hydrogen-bond donors (Lipinski definition) is 0. The van der Waals surface area contributed by atoms with Crippen molar-refractivity contribution in [2.24, 2.45) is 5.41 Å². The smallest absolute Gasteiger partial charge is 0.289 e. The molecule has 1 amide bonds. The lowest BCUT2D eigenvalue weighted by Crippen LogP contribution is -2.42. The summed E-state index contributed by atoms with van der Waals surface area (Å²) in [5.41, 5.74) is 0.0286. The highest BCUT2D eigenvalue weighted by molar-refractivity contribution is 6.29. The average molecular weight is 244 g/mol. The first-order valence-electron chi connectivity index (χ1n) is 5.26. The topological polar surface area (TPSA) is 33.5 Å². The molecule has 0 bridgehead atoms. The molecule has 0 saturated carbocycles. The number of carbonyl (C=O) groups excluding carboxylic acids is 1. The van der Waals surface area contributed by atoms with Crippen LogP contribution in [0.5, 0.6) is 0 Å². The first-order valence-corrected chi connectivity index (χ1v) is 5.64. The van der Waals surface area contributed by atoms with Gasteiger partial charge in [0.1, 0.15) is 0 Å². The Balaban J connectivity index is 2.83. The van der Waals surface area contributed by atoms with Crippen LogP contribution in [0.25, 0.3) is 0 Å². The van der Waals surface area contributed by atoms with Gasteiger partial charge in [-0.05, 0) is 36.1 Å². The summed E-state index contributed by atoms with van der Waals surface area (Å²) in [6.07, 6.45) is 0. The molecule has 1 aromatic rings. The van der Waals surface area contributed by atoms with Crippen molar-refractivity contribution in [1.82, 2.24) is 4.90 Å². The molecule has 0 aliphatic heterocycles. The van der Waals surface area contributed by atoms with E-state index in [0.717, 1.165) is 0 Å². The average Bonchev–Trinajstić information content (AvgIpc) is 2.60. The summed E-state index contributed by atoms with van der Waals surface area (Å²) in [5, 5.41) is 0.236. The van der Waals surface area contributed by atoms with Crippen molar-refractivity contribution in [2.45, 2.75) is 33.7 Å². The predicted molar refractivity (Wildman–Crippen MR) is 64.7 cm³/mol. The van der Waals surface area contributed by atoms with Gasteiger partial charge in [-0.25, -0.2) is 0 Å². The SMILES string of the molecule is CC(N(C)C(=O)c1ccc(Cl)o1)C(C)(C)C. The predicted octanol–water partition coefficient (Wildman–Crippen LogP) is 3.44. The maximum absolute atomic E-state index is 12.0. The number of halogens is 1. The van der Waals surface area contributed by atoms with Gasteiger partial charge in [-0.15, -0.1) is 0 Å². The Kier molecular flexibility index (Phi) is 3.68. The van der Waals surface area contributed by atoms with Crippen molar-refractivity contribution in [1.29, 1.82) is 0 Å². The highest BCUT2D eigenvalue weighted by Crippen LogP contribution is 2.25. The van der Waals surface area contributed by atoms with Crippen LogP contribution in [0.15, 0.2) is 16.5 Å². The third kappa shape index (κ3) is 2.79. The molecule has 0 aliphatic rings. The van der Waals surface area contributed by atoms with Crippen LogP contribution in [0.4, 0.5) is 0 Å². The van der Waals surface area contributed by atoms with E-state index in [0.29, 0.717) is 0 Å². The van der Waals surface area contributed by atoms with E-state index in [1.807, 2.05) is 6.92 Å². The van der Waals surface area contributed by atoms with Gasteiger partial charge in [-0.2, -0.15) is 0 Å². The summed E-state index contributed by atoms with van der Waals surface area (Å²) in [7, 11) is 1.77. The highest BCUT2D eigenvalue weighted by atomic mass is 35.5. The standard InChI is InChI=1S/C12H18ClNO2/c1-8(12(2,3)4)14(5)11(15)9-6-7-10(13)16-9/h6-8H,1-5H3. The van der Waals surface area contributed by atoms with Crippen molar-refractivity contribution in [3.63, 3.8) is 0 Å². The fourth-order valence-electron chi connectivity index (χ4n) is 1.36. The van der Waals surface area contributed by atoms with E-state index in [2.05, 4.69) is 20.8 Å². The summed E-state index contributed by atoms with van der Waals surface area (Å²) >= 11 is 5.64. The summed E-state index contributed by atoms with van der Waals surface area (Å²) < 4.78 is 5.10. The summed E-state index contributed by atoms with van der Waals surface area (Å²) in [5.74, 6) is 0.137. The summed E-state index contributed by atoms with van der Waals surface area (Å²) in [6.45, 7) is 8.30. The number of nitrogens with zero attached hydrogens (tertiary/aromatic N) is 1. The third-order valence-corrected chi connectivity index (χ3v) is 3.14. The molecule has 3 nitrogen and oxygen atoms in total. The molecule has 1 heterocycles. The molecule has 0 fully saturated rings. The van der Waals surface area contributed by atoms with Crippen molar-refractivity contribution >= 4 is 17.5 Å². The van der Waals surface area contributed by atoms with E-state index in [-0.39, 0.29) is 28.3 Å². The molecular weight excluding hydrogens is 226 g/mol. The molecule has 0 aliphatic carbocycles. The maximum Gasteiger partial charge on any atom is 0.289 e. The monoisotopic (exact) mass is 243 g/mol. The molecule has 16 heavy (non-hydrogen) atoms. The van der Waals surface area contributed by atoms with E-state index >= 15 is 0 Å². The Morgan fingerprint density at radius 1 is 1.44 bits per heavy atom. The highest BCUT2D eigenvalue weighted by Gasteiger charge is 2.28. The second kappa shape index (κ2) is 4.50. The molecule has 4 heteroatoms. The zero-order valence-electron chi connectivity index (χ0n) is 10.4. The largest absolute Gasteiger partial charge is 0.440 e. The number of amides is 1. The Hall–Kier alpha value is -0.960. The zero-order chi connectivity index (χ0) is 12.5. The van der Waals surface area contributed by atoms with Gasteiger partial charge in [0.15, 0.2) is 11.0 Å². The Morgan fingerprint density at radius 3 is 2.38 bits per heavy atom. The quantitative estimate of drug-likeness (QED) is 0.797. The molecule has 90 valence electrons. The molecule has 0 spiro atoms. The van der Waals surface area contributed by atoms with E-state index in [1.165, 1.54) is 0 Å². The fraction of sp³-hybridized carbons (Fsp3) is 0.583. The molecule has 1 rings (SSSR count). The van der Waals surface area contributed by atoms with Crippen LogP contribution in [-0.2, 0) is 0 Å².